The van der Waals surface area contributed by atoms with Gasteiger partial charge in [0.1, 0.15) is 0 Å². The Morgan fingerprint density at radius 2 is 2.21 bits per heavy atom. The summed E-state index contributed by atoms with van der Waals surface area (Å²) in [6.07, 6.45) is 3.10. The third-order valence-corrected chi connectivity index (χ3v) is 2.44. The van der Waals surface area contributed by atoms with Gasteiger partial charge in [-0.1, -0.05) is 26.0 Å². The SMILES string of the molecule is CCC(NCc1cn(C)nn1)C(C)C. The minimum absolute atomic E-state index is 0.567. The molecule has 0 aliphatic rings. The standard InChI is InChI=1S/C10H20N4/c1-5-10(8(2)3)11-6-9-7-14(4)13-12-9/h7-8,10-11H,5-6H2,1-4H3. The Labute approximate surface area is 85.7 Å². The Balaban J connectivity index is 2.39. The van der Waals surface area contributed by atoms with Crippen LogP contribution in [-0.2, 0) is 13.6 Å². The first kappa shape index (κ1) is 11.2. The van der Waals surface area contributed by atoms with Crippen LogP contribution in [0, 0.1) is 5.92 Å². The van der Waals surface area contributed by atoms with E-state index in [-0.39, 0.29) is 0 Å². The van der Waals surface area contributed by atoms with Crippen molar-refractivity contribution in [1.82, 2.24) is 20.3 Å². The molecule has 1 unspecified atom stereocenters. The molecule has 0 aliphatic carbocycles. The molecule has 0 saturated heterocycles. The van der Waals surface area contributed by atoms with Crippen molar-refractivity contribution in [2.75, 3.05) is 0 Å². The lowest BCUT2D eigenvalue weighted by Gasteiger charge is -2.19. The molecule has 0 saturated carbocycles. The van der Waals surface area contributed by atoms with Crippen molar-refractivity contribution in [3.63, 3.8) is 0 Å². The molecule has 4 nitrogen and oxygen atoms in total. The highest BCUT2D eigenvalue weighted by atomic mass is 15.4. The second-order valence-electron chi connectivity index (χ2n) is 4.02. The molecule has 1 aromatic heterocycles. The Kier molecular flexibility index (Phi) is 4.07. The summed E-state index contributed by atoms with van der Waals surface area (Å²) in [6.45, 7) is 7.48. The zero-order valence-electron chi connectivity index (χ0n) is 9.49. The van der Waals surface area contributed by atoms with E-state index in [0.29, 0.717) is 12.0 Å². The molecule has 1 heterocycles. The molecule has 0 aromatic carbocycles. The van der Waals surface area contributed by atoms with E-state index in [0.717, 1.165) is 18.7 Å². The predicted molar refractivity (Wildman–Crippen MR) is 56.8 cm³/mol. The summed E-state index contributed by atoms with van der Waals surface area (Å²) in [5.74, 6) is 0.664. The number of hydrogen-bond donors (Lipinski definition) is 1. The van der Waals surface area contributed by atoms with Gasteiger partial charge in [0, 0.05) is 25.8 Å². The molecule has 0 fully saturated rings. The van der Waals surface area contributed by atoms with Crippen LogP contribution in [0.25, 0.3) is 0 Å². The fraction of sp³-hybridized carbons (Fsp3) is 0.800. The first-order valence-electron chi connectivity index (χ1n) is 5.22. The van der Waals surface area contributed by atoms with Crippen LogP contribution in [-0.4, -0.2) is 21.0 Å². The van der Waals surface area contributed by atoms with Gasteiger partial charge in [-0.05, 0) is 12.3 Å². The number of nitrogens with zero attached hydrogens (tertiary/aromatic N) is 3. The minimum Gasteiger partial charge on any atom is -0.308 e. The summed E-state index contributed by atoms with van der Waals surface area (Å²) in [5, 5.41) is 11.4. The topological polar surface area (TPSA) is 42.7 Å². The molecule has 0 radical (unpaired) electrons. The molecule has 14 heavy (non-hydrogen) atoms. The molecule has 0 spiro atoms. The molecule has 1 N–H and O–H groups in total. The van der Waals surface area contributed by atoms with Gasteiger partial charge < -0.3 is 5.32 Å². The van der Waals surface area contributed by atoms with Gasteiger partial charge in [0.15, 0.2) is 0 Å². The van der Waals surface area contributed by atoms with Gasteiger partial charge >= 0.3 is 0 Å². The van der Waals surface area contributed by atoms with E-state index in [1.54, 1.807) is 4.68 Å². The molecule has 1 rings (SSSR count). The first-order valence-corrected chi connectivity index (χ1v) is 5.22. The van der Waals surface area contributed by atoms with Gasteiger partial charge in [0.2, 0.25) is 0 Å². The van der Waals surface area contributed by atoms with Crippen LogP contribution in [0.5, 0.6) is 0 Å². The largest absolute Gasteiger partial charge is 0.308 e. The molecule has 1 atom stereocenters. The molecule has 1 aromatic rings. The van der Waals surface area contributed by atoms with Crippen LogP contribution in [0.4, 0.5) is 0 Å². The molecule has 4 heteroatoms. The number of hydrogen-bond acceptors (Lipinski definition) is 3. The van der Waals surface area contributed by atoms with Crippen LogP contribution in [0.15, 0.2) is 6.20 Å². The van der Waals surface area contributed by atoms with E-state index in [1.807, 2.05) is 13.2 Å². The summed E-state index contributed by atoms with van der Waals surface area (Å²) in [4.78, 5) is 0. The highest BCUT2D eigenvalue weighted by Gasteiger charge is 2.10. The second-order valence-corrected chi connectivity index (χ2v) is 4.02. The highest BCUT2D eigenvalue weighted by Crippen LogP contribution is 2.06. The van der Waals surface area contributed by atoms with Crippen molar-refractivity contribution in [2.45, 2.75) is 39.8 Å². The zero-order chi connectivity index (χ0) is 10.6. The van der Waals surface area contributed by atoms with E-state index < -0.39 is 0 Å². The maximum Gasteiger partial charge on any atom is 0.0964 e. The Hall–Kier alpha value is -0.900. The second kappa shape index (κ2) is 5.10. The molecule has 0 aliphatic heterocycles. The molecule has 0 amide bonds. The van der Waals surface area contributed by atoms with Crippen molar-refractivity contribution >= 4 is 0 Å². The lowest BCUT2D eigenvalue weighted by molar-refractivity contribution is 0.385. The summed E-state index contributed by atoms with van der Waals surface area (Å²) in [6, 6.07) is 0.567. The van der Waals surface area contributed by atoms with Crippen molar-refractivity contribution < 1.29 is 0 Å². The summed E-state index contributed by atoms with van der Waals surface area (Å²) in [5.41, 5.74) is 1.01. The fourth-order valence-electron chi connectivity index (χ4n) is 1.56. The number of aromatic nitrogens is 3. The summed E-state index contributed by atoms with van der Waals surface area (Å²) < 4.78 is 1.73. The van der Waals surface area contributed by atoms with E-state index in [4.69, 9.17) is 0 Å². The van der Waals surface area contributed by atoms with Crippen LogP contribution in [0.3, 0.4) is 0 Å². The number of aryl methyl sites for hydroxylation is 1. The monoisotopic (exact) mass is 196 g/mol. The fourth-order valence-corrected chi connectivity index (χ4v) is 1.56. The van der Waals surface area contributed by atoms with Crippen LogP contribution in [0.2, 0.25) is 0 Å². The lowest BCUT2D eigenvalue weighted by atomic mass is 10.0. The van der Waals surface area contributed by atoms with Gasteiger partial charge in [-0.2, -0.15) is 0 Å². The minimum atomic E-state index is 0.567. The lowest BCUT2D eigenvalue weighted by Crippen LogP contribution is -2.32. The number of nitrogens with one attached hydrogen (secondary N) is 1. The van der Waals surface area contributed by atoms with Crippen LogP contribution in [0.1, 0.15) is 32.9 Å². The average Bonchev–Trinajstić information content (AvgIpc) is 2.52. The van der Waals surface area contributed by atoms with Crippen LogP contribution >= 0.6 is 0 Å². The van der Waals surface area contributed by atoms with E-state index in [9.17, 15) is 0 Å². The third-order valence-electron chi connectivity index (χ3n) is 2.44. The normalized spacial score (nSPS) is 13.5. The smallest absolute Gasteiger partial charge is 0.0964 e. The summed E-state index contributed by atoms with van der Waals surface area (Å²) >= 11 is 0. The third kappa shape index (κ3) is 3.10. The average molecular weight is 196 g/mol. The van der Waals surface area contributed by atoms with E-state index in [1.165, 1.54) is 0 Å². The first-order chi connectivity index (χ1) is 6.63. The van der Waals surface area contributed by atoms with E-state index in [2.05, 4.69) is 36.4 Å². The predicted octanol–water partition coefficient (Wildman–Crippen LogP) is 1.34. The van der Waals surface area contributed by atoms with E-state index >= 15 is 0 Å². The molecule has 0 bridgehead atoms. The van der Waals surface area contributed by atoms with Gasteiger partial charge in [0.25, 0.3) is 0 Å². The van der Waals surface area contributed by atoms with Gasteiger partial charge in [-0.3, -0.25) is 4.68 Å². The highest BCUT2D eigenvalue weighted by molar-refractivity contribution is 4.91. The van der Waals surface area contributed by atoms with Crippen molar-refractivity contribution in [3.05, 3.63) is 11.9 Å². The van der Waals surface area contributed by atoms with Gasteiger partial charge in [-0.15, -0.1) is 5.10 Å². The summed E-state index contributed by atoms with van der Waals surface area (Å²) in [7, 11) is 1.89. The molecular formula is C10H20N4. The quantitative estimate of drug-likeness (QED) is 0.772. The van der Waals surface area contributed by atoms with Crippen molar-refractivity contribution in [1.29, 1.82) is 0 Å². The Morgan fingerprint density at radius 3 is 2.64 bits per heavy atom. The number of rotatable bonds is 5. The Bertz CT molecular complexity index is 267. The molecule has 80 valence electrons. The van der Waals surface area contributed by atoms with Crippen molar-refractivity contribution in [2.24, 2.45) is 13.0 Å². The maximum atomic E-state index is 4.03. The maximum absolute atomic E-state index is 4.03. The van der Waals surface area contributed by atoms with Crippen LogP contribution < -0.4 is 5.32 Å². The van der Waals surface area contributed by atoms with Crippen molar-refractivity contribution in [3.8, 4) is 0 Å². The van der Waals surface area contributed by atoms with Gasteiger partial charge in [-0.25, -0.2) is 0 Å². The zero-order valence-corrected chi connectivity index (χ0v) is 9.49. The molecular weight excluding hydrogens is 176 g/mol. The Morgan fingerprint density at radius 1 is 1.50 bits per heavy atom. The van der Waals surface area contributed by atoms with Gasteiger partial charge in [0.05, 0.1) is 5.69 Å².